The van der Waals surface area contributed by atoms with Crippen molar-refractivity contribution in [3.05, 3.63) is 6.10 Å². The fraction of sp³-hybridized carbons (Fsp3) is 0.875. The van der Waals surface area contributed by atoms with Crippen LogP contribution in [0.4, 0.5) is 0 Å². The summed E-state index contributed by atoms with van der Waals surface area (Å²) < 4.78 is 19.0. The molecule has 0 aromatic rings. The number of ether oxygens (including phenoxy) is 2. The van der Waals surface area contributed by atoms with E-state index in [1.807, 2.05) is 25.8 Å². The Morgan fingerprint density at radius 3 is 2.37 bits per heavy atom. The zero-order valence-electron chi connectivity index (χ0n) is 17.0. The molecule has 0 rings (SSSR count). The monoisotopic (exact) mass is 420 g/mol. The van der Waals surface area contributed by atoms with Crippen LogP contribution in [0.5, 0.6) is 0 Å². The number of nitrogens with zero attached hydrogens (tertiary/aromatic N) is 1. The fourth-order valence-corrected chi connectivity index (χ4v) is 1.92. The average molecular weight is 420 g/mol. The van der Waals surface area contributed by atoms with Gasteiger partial charge in [-0.15, -0.1) is 0 Å². The van der Waals surface area contributed by atoms with Gasteiger partial charge in [0.15, 0.2) is 0 Å². The molecule has 0 aliphatic rings. The van der Waals surface area contributed by atoms with Gasteiger partial charge < -0.3 is 34.4 Å². The van der Waals surface area contributed by atoms with Crippen LogP contribution in [0.1, 0.15) is 46.5 Å². The minimum Gasteiger partial charge on any atom is -0.598 e. The third-order valence-electron chi connectivity index (χ3n) is 3.11. The summed E-state index contributed by atoms with van der Waals surface area (Å²) in [5.41, 5.74) is 0. The molecule has 0 aromatic heterocycles. The van der Waals surface area contributed by atoms with E-state index in [9.17, 15) is 9.90 Å². The number of carbonyl (C=O) groups is 1. The van der Waals surface area contributed by atoms with E-state index < -0.39 is 14.4 Å². The van der Waals surface area contributed by atoms with Gasteiger partial charge in [-0.05, 0) is 26.9 Å². The Balaban J connectivity index is -0.00000104. The predicted molar refractivity (Wildman–Crippen MR) is 92.5 cm³/mol. The van der Waals surface area contributed by atoms with Crippen LogP contribution in [-0.2, 0) is 18.8 Å². The number of esters is 1. The van der Waals surface area contributed by atoms with Crippen molar-refractivity contribution in [1.29, 1.82) is 0 Å². The molecule has 0 aromatic carbocycles. The first-order chi connectivity index (χ1) is 12.1. The summed E-state index contributed by atoms with van der Waals surface area (Å²) >= 11 is 0. The topological polar surface area (TPSA) is 142 Å². The number of aliphatic hydroxyl groups is 2. The van der Waals surface area contributed by atoms with Crippen molar-refractivity contribution in [3.63, 3.8) is 0 Å². The summed E-state index contributed by atoms with van der Waals surface area (Å²) in [5, 5.41) is 19.0. The van der Waals surface area contributed by atoms with Crippen LogP contribution in [0.15, 0.2) is 0 Å². The molecule has 0 fully saturated rings. The van der Waals surface area contributed by atoms with Crippen molar-refractivity contribution < 1.29 is 68.4 Å². The van der Waals surface area contributed by atoms with Gasteiger partial charge in [0.05, 0.1) is 18.8 Å². The molecule has 0 aliphatic carbocycles. The molecule has 0 spiro atoms. The smallest absolute Gasteiger partial charge is 0.598 e. The van der Waals surface area contributed by atoms with Crippen molar-refractivity contribution in [2.75, 3.05) is 33.4 Å². The first kappa shape index (κ1) is 32.0. The summed E-state index contributed by atoms with van der Waals surface area (Å²) in [7, 11) is -1.45. The Hall–Kier alpha value is 0.330. The van der Waals surface area contributed by atoms with E-state index in [1.54, 1.807) is 6.92 Å². The number of carbonyl (C=O) groups excluding carboxylic acids is 1. The van der Waals surface area contributed by atoms with Crippen molar-refractivity contribution in [2.24, 2.45) is 0 Å². The van der Waals surface area contributed by atoms with Crippen LogP contribution in [0, 0.1) is 6.10 Å². The van der Waals surface area contributed by atoms with E-state index in [2.05, 4.69) is 0 Å². The van der Waals surface area contributed by atoms with Crippen LogP contribution in [0.25, 0.3) is 0 Å². The van der Waals surface area contributed by atoms with Gasteiger partial charge in [0.2, 0.25) is 0 Å². The summed E-state index contributed by atoms with van der Waals surface area (Å²) in [6.45, 7) is 7.17. The van der Waals surface area contributed by atoms with Crippen LogP contribution in [0.2, 0.25) is 0 Å². The van der Waals surface area contributed by atoms with Crippen LogP contribution in [0.3, 0.4) is 0 Å². The number of rotatable bonds is 13. The van der Waals surface area contributed by atoms with E-state index in [1.165, 1.54) is 0 Å². The normalized spacial score (nSPS) is 12.7. The molecule has 0 bridgehead atoms. The number of hydrogen-bond acceptors (Lipinski definition) is 9. The maximum absolute atomic E-state index is 11.2. The Labute approximate surface area is 185 Å². The van der Waals surface area contributed by atoms with Crippen LogP contribution in [-0.4, -0.2) is 66.6 Å². The molecule has 27 heavy (non-hydrogen) atoms. The molecule has 0 radical (unpaired) electrons. The fourth-order valence-electron chi connectivity index (χ4n) is 1.92. The molecule has 0 amide bonds. The quantitative estimate of drug-likeness (QED) is 0.139. The second-order valence-electron chi connectivity index (χ2n) is 6.06. The Morgan fingerprint density at radius 2 is 1.89 bits per heavy atom. The van der Waals surface area contributed by atoms with Gasteiger partial charge in [0.25, 0.3) is 8.25 Å². The van der Waals surface area contributed by atoms with Crippen LogP contribution >= 0.6 is 8.25 Å². The molecule has 0 heterocycles. The van der Waals surface area contributed by atoms with Crippen molar-refractivity contribution in [1.82, 2.24) is 4.90 Å². The van der Waals surface area contributed by atoms with Gasteiger partial charge in [0, 0.05) is 13.0 Å². The van der Waals surface area contributed by atoms with Crippen LogP contribution < -0.4 is 39.3 Å². The minimum absolute atomic E-state index is 0. The Morgan fingerprint density at radius 1 is 1.33 bits per heavy atom. The number of likely N-dealkylation sites (N-methyl/N-ethyl adjacent to an activating group) is 1. The minimum atomic E-state index is -3.37. The van der Waals surface area contributed by atoms with Gasteiger partial charge >= 0.3 is 35.5 Å². The summed E-state index contributed by atoms with van der Waals surface area (Å²) in [5.74, 6) is -0.214. The second-order valence-corrected chi connectivity index (χ2v) is 6.50. The van der Waals surface area contributed by atoms with E-state index in [4.69, 9.17) is 28.9 Å². The Kier molecular flexibility index (Phi) is 25.0. The Bertz CT molecular complexity index is 372. The van der Waals surface area contributed by atoms with Gasteiger partial charge in [-0.2, -0.15) is 13.3 Å². The van der Waals surface area contributed by atoms with E-state index in [-0.39, 0.29) is 54.8 Å². The summed E-state index contributed by atoms with van der Waals surface area (Å²) in [6, 6.07) is 0. The van der Waals surface area contributed by atoms with Crippen molar-refractivity contribution >= 4 is 14.2 Å². The number of aliphatic hydroxyl groups excluding tert-OH is 2. The molecule has 2 N–H and O–H groups in total. The number of hydrogen-bond donors (Lipinski definition) is 2. The van der Waals surface area contributed by atoms with Crippen molar-refractivity contribution in [2.45, 2.75) is 58.7 Å². The van der Waals surface area contributed by atoms with Gasteiger partial charge in [0.1, 0.15) is 6.61 Å². The summed E-state index contributed by atoms with van der Waals surface area (Å²) in [4.78, 5) is 30.2. The molecule has 11 heteroatoms. The maximum Gasteiger partial charge on any atom is 1.00 e. The molecule has 2 atom stereocenters. The first-order valence-electron chi connectivity index (χ1n) is 8.55. The molecule has 0 saturated carbocycles. The van der Waals surface area contributed by atoms with E-state index >= 15 is 0 Å². The molecule has 0 aliphatic heterocycles. The SMILES string of the molecule is CCCC(=O)OCC(C)OCC(O)CN(C)CCC[C-](C)O.O=[P+]([O-])[O-].[Na+]. The largest absolute Gasteiger partial charge is 1.00 e. The van der Waals surface area contributed by atoms with Crippen molar-refractivity contribution in [3.8, 4) is 0 Å². The zero-order valence-corrected chi connectivity index (χ0v) is 19.9. The molecular formula is C16H32NNaO8P-. The third kappa shape index (κ3) is 28.6. The summed E-state index contributed by atoms with van der Waals surface area (Å²) in [6.07, 6.45) is 2.35. The van der Waals surface area contributed by atoms with Gasteiger partial charge in [-0.25, -0.2) is 6.10 Å². The first-order valence-corrected chi connectivity index (χ1v) is 9.64. The molecule has 0 saturated heterocycles. The van der Waals surface area contributed by atoms with Gasteiger partial charge in [-0.1, -0.05) is 17.9 Å². The van der Waals surface area contributed by atoms with Gasteiger partial charge in [-0.3, -0.25) is 4.79 Å². The molecule has 156 valence electrons. The predicted octanol–water partition coefficient (Wildman–Crippen LogP) is -2.90. The molecule has 9 nitrogen and oxygen atoms in total. The zero-order chi connectivity index (χ0) is 20.5. The molecular weight excluding hydrogens is 388 g/mol. The van der Waals surface area contributed by atoms with E-state index in [0.29, 0.717) is 25.5 Å². The van der Waals surface area contributed by atoms with E-state index in [0.717, 1.165) is 19.4 Å². The maximum atomic E-state index is 11.2. The third-order valence-corrected chi connectivity index (χ3v) is 3.11. The standard InChI is InChI=1S/C16H32NO5.Na.HO3P/c1-5-7-16(20)22-11-14(3)21-12-15(19)10-17(4)9-6-8-13(2)18;;1-4(2)3/h14-15,18-19H,5-12H2,1-4H3;;(H,1,2,3)/q-1;+1;/p-1. The average Bonchev–Trinajstić information content (AvgIpc) is 2.50. The molecule has 2 unspecified atom stereocenters. The second kappa shape index (κ2) is 21.0.